The minimum absolute atomic E-state index is 0.0931. The van der Waals surface area contributed by atoms with Crippen molar-refractivity contribution in [2.45, 2.75) is 27.7 Å². The molecule has 1 aliphatic rings. The van der Waals surface area contributed by atoms with Crippen LogP contribution in [0.1, 0.15) is 27.7 Å². The minimum Gasteiger partial charge on any atom is -0.478 e. The molecule has 0 bridgehead atoms. The number of dihydropyridines is 1. The largest absolute Gasteiger partial charge is 0.478 e. The van der Waals surface area contributed by atoms with Crippen molar-refractivity contribution < 1.29 is 19.8 Å². The Balaban J connectivity index is 3.43. The van der Waals surface area contributed by atoms with Gasteiger partial charge in [-0.15, -0.1) is 0 Å². The molecule has 0 fully saturated rings. The summed E-state index contributed by atoms with van der Waals surface area (Å²) in [4.78, 5) is 22.3. The summed E-state index contributed by atoms with van der Waals surface area (Å²) in [6.07, 6.45) is 0. The zero-order chi connectivity index (χ0) is 12.7. The second-order valence-corrected chi connectivity index (χ2v) is 4.36. The normalized spacial score (nSPS) is 19.5. The molecule has 0 spiro atoms. The van der Waals surface area contributed by atoms with E-state index in [1.54, 1.807) is 27.7 Å². The van der Waals surface area contributed by atoms with E-state index >= 15 is 0 Å². The van der Waals surface area contributed by atoms with E-state index in [2.05, 4.69) is 5.32 Å². The van der Waals surface area contributed by atoms with Gasteiger partial charge in [-0.2, -0.15) is 0 Å². The Kier molecular flexibility index (Phi) is 2.81. The number of hydrogen-bond acceptors (Lipinski definition) is 3. The smallest absolute Gasteiger partial charge is 0.334 e. The average molecular weight is 225 g/mol. The van der Waals surface area contributed by atoms with E-state index in [1.165, 1.54) is 0 Å². The third kappa shape index (κ3) is 1.68. The van der Waals surface area contributed by atoms with Crippen LogP contribution in [0.5, 0.6) is 0 Å². The van der Waals surface area contributed by atoms with Gasteiger partial charge >= 0.3 is 11.9 Å². The van der Waals surface area contributed by atoms with Crippen molar-refractivity contribution >= 4 is 11.9 Å². The maximum absolute atomic E-state index is 11.1. The van der Waals surface area contributed by atoms with Crippen LogP contribution >= 0.6 is 0 Å². The number of hydrogen-bond donors (Lipinski definition) is 3. The van der Waals surface area contributed by atoms with Crippen LogP contribution in [0.4, 0.5) is 0 Å². The van der Waals surface area contributed by atoms with Crippen molar-refractivity contribution in [1.82, 2.24) is 5.32 Å². The van der Waals surface area contributed by atoms with Gasteiger partial charge in [-0.05, 0) is 13.8 Å². The molecule has 0 aromatic carbocycles. The lowest BCUT2D eigenvalue weighted by Crippen LogP contribution is -2.37. The van der Waals surface area contributed by atoms with Crippen LogP contribution in [-0.2, 0) is 9.59 Å². The number of carboxylic acid groups (broad SMARTS) is 2. The van der Waals surface area contributed by atoms with E-state index in [9.17, 15) is 9.59 Å². The van der Waals surface area contributed by atoms with Gasteiger partial charge in [-0.3, -0.25) is 0 Å². The van der Waals surface area contributed by atoms with Gasteiger partial charge in [0, 0.05) is 16.8 Å². The summed E-state index contributed by atoms with van der Waals surface area (Å²) in [6, 6.07) is 0. The molecule has 3 N–H and O–H groups in total. The lowest BCUT2D eigenvalue weighted by atomic mass is 9.73. The van der Waals surface area contributed by atoms with Gasteiger partial charge in [0.15, 0.2) is 0 Å². The number of rotatable bonds is 2. The van der Waals surface area contributed by atoms with Crippen molar-refractivity contribution in [2.24, 2.45) is 5.41 Å². The van der Waals surface area contributed by atoms with Crippen LogP contribution in [-0.4, -0.2) is 22.2 Å². The molecule has 0 saturated heterocycles. The second-order valence-electron chi connectivity index (χ2n) is 4.36. The van der Waals surface area contributed by atoms with Crippen molar-refractivity contribution in [3.8, 4) is 0 Å². The Labute approximate surface area is 93.5 Å². The quantitative estimate of drug-likeness (QED) is 0.660. The Hall–Kier alpha value is -1.78. The van der Waals surface area contributed by atoms with Gasteiger partial charge in [0.2, 0.25) is 0 Å². The minimum atomic E-state index is -1.10. The van der Waals surface area contributed by atoms with Crippen molar-refractivity contribution in [3.63, 3.8) is 0 Å². The summed E-state index contributed by atoms with van der Waals surface area (Å²) >= 11 is 0. The lowest BCUT2D eigenvalue weighted by molar-refractivity contribution is -0.135. The molecule has 1 rings (SSSR count). The fraction of sp³-hybridized carbons (Fsp3) is 0.455. The van der Waals surface area contributed by atoms with E-state index in [0.29, 0.717) is 11.4 Å². The standard InChI is InChI=1S/C11H15NO4/c1-5-7(9(13)14)11(3,4)8(10(15)16)6(2)12-5/h12H,1-4H3,(H,13,14)(H,15,16). The molecule has 1 heterocycles. The number of carbonyl (C=O) groups is 2. The van der Waals surface area contributed by atoms with Crippen molar-refractivity contribution in [1.29, 1.82) is 0 Å². The molecule has 88 valence electrons. The van der Waals surface area contributed by atoms with E-state index < -0.39 is 17.4 Å². The Morgan fingerprint density at radius 2 is 1.31 bits per heavy atom. The Morgan fingerprint density at radius 1 is 1.00 bits per heavy atom. The summed E-state index contributed by atoms with van der Waals surface area (Å²) < 4.78 is 0. The lowest BCUT2D eigenvalue weighted by Gasteiger charge is -2.34. The highest BCUT2D eigenvalue weighted by molar-refractivity contribution is 5.97. The molecule has 5 heteroatoms. The van der Waals surface area contributed by atoms with Crippen LogP contribution in [0.3, 0.4) is 0 Å². The molecule has 0 unspecified atom stereocenters. The molecular formula is C11H15NO4. The molecule has 0 atom stereocenters. The molecule has 0 aliphatic carbocycles. The molecular weight excluding hydrogens is 210 g/mol. The Morgan fingerprint density at radius 3 is 1.56 bits per heavy atom. The number of carboxylic acids is 2. The molecule has 0 amide bonds. The van der Waals surface area contributed by atoms with Crippen LogP contribution in [0, 0.1) is 5.41 Å². The highest BCUT2D eigenvalue weighted by Crippen LogP contribution is 2.40. The molecule has 0 aromatic heterocycles. The van der Waals surface area contributed by atoms with E-state index in [1.807, 2.05) is 0 Å². The maximum Gasteiger partial charge on any atom is 0.334 e. The fourth-order valence-electron chi connectivity index (χ4n) is 2.32. The number of allylic oxidation sites excluding steroid dienone is 2. The third-order valence-corrected chi connectivity index (χ3v) is 2.80. The van der Waals surface area contributed by atoms with Crippen LogP contribution < -0.4 is 5.32 Å². The average Bonchev–Trinajstić information content (AvgIpc) is 1.97. The molecule has 16 heavy (non-hydrogen) atoms. The van der Waals surface area contributed by atoms with Gasteiger partial charge < -0.3 is 15.5 Å². The number of nitrogens with one attached hydrogen (secondary N) is 1. The fourth-order valence-corrected chi connectivity index (χ4v) is 2.32. The van der Waals surface area contributed by atoms with Gasteiger partial charge in [-0.1, -0.05) is 13.8 Å². The third-order valence-electron chi connectivity index (χ3n) is 2.80. The summed E-state index contributed by atoms with van der Waals surface area (Å²) in [7, 11) is 0. The first-order chi connectivity index (χ1) is 7.19. The first-order valence-corrected chi connectivity index (χ1v) is 4.86. The zero-order valence-electron chi connectivity index (χ0n) is 9.71. The number of aliphatic carboxylic acids is 2. The topological polar surface area (TPSA) is 86.6 Å². The van der Waals surface area contributed by atoms with Gasteiger partial charge in [0.05, 0.1) is 11.1 Å². The maximum atomic E-state index is 11.1. The van der Waals surface area contributed by atoms with E-state index in [-0.39, 0.29) is 11.1 Å². The van der Waals surface area contributed by atoms with Crippen molar-refractivity contribution in [2.75, 3.05) is 0 Å². The molecule has 1 aliphatic heterocycles. The monoisotopic (exact) mass is 225 g/mol. The predicted octanol–water partition coefficient (Wildman–Crippen LogP) is 1.33. The van der Waals surface area contributed by atoms with E-state index in [4.69, 9.17) is 10.2 Å². The molecule has 0 saturated carbocycles. The van der Waals surface area contributed by atoms with Gasteiger partial charge in [0.1, 0.15) is 0 Å². The van der Waals surface area contributed by atoms with Gasteiger partial charge in [0.25, 0.3) is 0 Å². The SMILES string of the molecule is CC1=C(C(=O)O)C(C)(C)C(C(=O)O)=C(C)N1. The van der Waals surface area contributed by atoms with Crippen LogP contribution in [0.25, 0.3) is 0 Å². The van der Waals surface area contributed by atoms with Gasteiger partial charge in [-0.25, -0.2) is 9.59 Å². The predicted molar refractivity (Wildman–Crippen MR) is 57.6 cm³/mol. The molecule has 5 nitrogen and oxygen atoms in total. The van der Waals surface area contributed by atoms with Crippen LogP contribution in [0.2, 0.25) is 0 Å². The first-order valence-electron chi connectivity index (χ1n) is 4.86. The second kappa shape index (κ2) is 3.66. The Bertz CT molecular complexity index is 391. The summed E-state index contributed by atoms with van der Waals surface area (Å²) in [5.41, 5.74) is 0.155. The van der Waals surface area contributed by atoms with E-state index in [0.717, 1.165) is 0 Å². The summed E-state index contributed by atoms with van der Waals surface area (Å²) in [5.74, 6) is -2.19. The molecule has 0 radical (unpaired) electrons. The first kappa shape index (κ1) is 12.3. The highest BCUT2D eigenvalue weighted by Gasteiger charge is 2.41. The summed E-state index contributed by atoms with van der Waals surface area (Å²) in [6.45, 7) is 6.47. The zero-order valence-corrected chi connectivity index (χ0v) is 9.71. The summed E-state index contributed by atoms with van der Waals surface area (Å²) in [5, 5.41) is 21.0. The highest BCUT2D eigenvalue weighted by atomic mass is 16.4. The van der Waals surface area contributed by atoms with Crippen molar-refractivity contribution in [3.05, 3.63) is 22.5 Å². The van der Waals surface area contributed by atoms with Crippen LogP contribution in [0.15, 0.2) is 22.5 Å². The molecule has 0 aromatic rings.